The van der Waals surface area contributed by atoms with Crippen molar-refractivity contribution < 1.29 is 4.52 Å². The minimum absolute atomic E-state index is 0.598. The van der Waals surface area contributed by atoms with E-state index in [1.54, 1.807) is 0 Å². The number of benzene rings is 2. The molecule has 3 aromatic rings. The van der Waals surface area contributed by atoms with Gasteiger partial charge in [0.05, 0.1) is 6.54 Å². The number of hydrogen-bond acceptors (Lipinski definition) is 4. The number of likely N-dealkylation sites (tertiary alicyclic amines) is 1. The Labute approximate surface area is 161 Å². The van der Waals surface area contributed by atoms with Crippen molar-refractivity contribution in [2.75, 3.05) is 13.1 Å². The van der Waals surface area contributed by atoms with Crippen molar-refractivity contribution in [3.8, 4) is 0 Å². The summed E-state index contributed by atoms with van der Waals surface area (Å²) in [5, 5.41) is 4.18. The van der Waals surface area contributed by atoms with Gasteiger partial charge in [-0.3, -0.25) is 4.90 Å². The molecule has 1 unspecified atom stereocenters. The average Bonchev–Trinajstić information content (AvgIpc) is 3.15. The van der Waals surface area contributed by atoms with Gasteiger partial charge in [-0.15, -0.1) is 0 Å². The first-order valence-electron chi connectivity index (χ1n) is 9.91. The van der Waals surface area contributed by atoms with Gasteiger partial charge in [0.1, 0.15) is 0 Å². The molecular formula is C23H27N3O. The third kappa shape index (κ3) is 4.64. The van der Waals surface area contributed by atoms with Crippen LogP contribution in [0.25, 0.3) is 0 Å². The maximum atomic E-state index is 5.52. The highest BCUT2D eigenvalue weighted by Crippen LogP contribution is 2.29. The van der Waals surface area contributed by atoms with Crippen molar-refractivity contribution >= 4 is 0 Å². The van der Waals surface area contributed by atoms with Gasteiger partial charge in [0, 0.05) is 13.0 Å². The molecule has 4 rings (SSSR count). The fourth-order valence-electron chi connectivity index (χ4n) is 4.05. The van der Waals surface area contributed by atoms with E-state index in [1.165, 1.54) is 29.5 Å². The van der Waals surface area contributed by atoms with E-state index in [-0.39, 0.29) is 0 Å². The van der Waals surface area contributed by atoms with Crippen LogP contribution in [0.5, 0.6) is 0 Å². The molecule has 1 saturated heterocycles. The molecule has 0 saturated carbocycles. The topological polar surface area (TPSA) is 42.2 Å². The first-order chi connectivity index (χ1) is 13.3. The molecule has 0 bridgehead atoms. The summed E-state index contributed by atoms with van der Waals surface area (Å²) in [5.74, 6) is 2.14. The molecule has 4 nitrogen and oxygen atoms in total. The normalized spacial score (nSPS) is 17.9. The summed E-state index contributed by atoms with van der Waals surface area (Å²) in [5.41, 5.74) is 4.18. The van der Waals surface area contributed by atoms with Crippen LogP contribution in [0.4, 0.5) is 0 Å². The molecular weight excluding hydrogens is 334 g/mol. The van der Waals surface area contributed by atoms with Crippen LogP contribution in [0.2, 0.25) is 0 Å². The van der Waals surface area contributed by atoms with Crippen molar-refractivity contribution in [3.05, 3.63) is 83.0 Å². The SMILES string of the molecule is Cc1ccccc1C1CCCN(Cc2nc(CCc3ccccc3)no2)C1. The molecule has 4 heteroatoms. The standard InChI is InChI=1S/C23H27N3O/c1-18-8-5-6-12-21(18)20-11-7-15-26(16-20)17-23-24-22(25-27-23)14-13-19-9-3-2-4-10-19/h2-6,8-10,12,20H,7,11,13-17H2,1H3. The van der Waals surface area contributed by atoms with Crippen LogP contribution in [0.1, 0.15) is 47.2 Å². The zero-order valence-corrected chi connectivity index (χ0v) is 16.0. The van der Waals surface area contributed by atoms with Crippen molar-refractivity contribution in [1.29, 1.82) is 0 Å². The van der Waals surface area contributed by atoms with Gasteiger partial charge in [0.25, 0.3) is 0 Å². The molecule has 0 aliphatic carbocycles. The number of aryl methyl sites for hydroxylation is 3. The second-order valence-electron chi connectivity index (χ2n) is 7.52. The van der Waals surface area contributed by atoms with Crippen molar-refractivity contribution in [1.82, 2.24) is 15.0 Å². The fraction of sp³-hybridized carbons (Fsp3) is 0.391. The van der Waals surface area contributed by atoms with E-state index in [9.17, 15) is 0 Å². The molecule has 1 aliphatic rings. The minimum Gasteiger partial charge on any atom is -0.338 e. The largest absolute Gasteiger partial charge is 0.338 e. The van der Waals surface area contributed by atoms with Crippen LogP contribution >= 0.6 is 0 Å². The quantitative estimate of drug-likeness (QED) is 0.646. The number of nitrogens with zero attached hydrogens (tertiary/aromatic N) is 3. The van der Waals surface area contributed by atoms with Gasteiger partial charge in [0.15, 0.2) is 5.82 Å². The van der Waals surface area contributed by atoms with Crippen molar-refractivity contribution in [2.45, 2.75) is 45.1 Å². The van der Waals surface area contributed by atoms with Gasteiger partial charge < -0.3 is 4.52 Å². The van der Waals surface area contributed by atoms with Crippen LogP contribution < -0.4 is 0 Å². The van der Waals surface area contributed by atoms with E-state index in [0.717, 1.165) is 44.2 Å². The van der Waals surface area contributed by atoms with Gasteiger partial charge in [-0.2, -0.15) is 4.98 Å². The predicted octanol–water partition coefficient (Wildman–Crippen LogP) is 4.54. The zero-order valence-electron chi connectivity index (χ0n) is 16.0. The highest BCUT2D eigenvalue weighted by atomic mass is 16.5. The molecule has 27 heavy (non-hydrogen) atoms. The molecule has 0 amide bonds. The third-order valence-corrected chi connectivity index (χ3v) is 5.48. The van der Waals surface area contributed by atoms with E-state index >= 15 is 0 Å². The number of piperidine rings is 1. The Balaban J connectivity index is 1.34. The molecule has 0 radical (unpaired) electrons. The Morgan fingerprint density at radius 2 is 1.85 bits per heavy atom. The summed E-state index contributed by atoms with van der Waals surface area (Å²) in [7, 11) is 0. The lowest BCUT2D eigenvalue weighted by Crippen LogP contribution is -2.34. The Hall–Kier alpha value is -2.46. The van der Waals surface area contributed by atoms with E-state index in [4.69, 9.17) is 4.52 Å². The number of aromatic nitrogens is 2. The zero-order chi connectivity index (χ0) is 18.5. The Morgan fingerprint density at radius 3 is 2.70 bits per heavy atom. The molecule has 1 aromatic heterocycles. The Bertz CT molecular complexity index is 859. The highest BCUT2D eigenvalue weighted by molar-refractivity contribution is 5.29. The first-order valence-corrected chi connectivity index (χ1v) is 9.91. The summed E-state index contributed by atoms with van der Waals surface area (Å²) in [6.07, 6.45) is 4.24. The molecule has 2 heterocycles. The minimum atomic E-state index is 0.598. The summed E-state index contributed by atoms with van der Waals surface area (Å²) in [6, 6.07) is 19.2. The molecule has 2 aromatic carbocycles. The lowest BCUT2D eigenvalue weighted by Gasteiger charge is -2.32. The van der Waals surface area contributed by atoms with Crippen LogP contribution in [0.3, 0.4) is 0 Å². The Morgan fingerprint density at radius 1 is 1.04 bits per heavy atom. The molecule has 0 spiro atoms. The highest BCUT2D eigenvalue weighted by Gasteiger charge is 2.23. The smallest absolute Gasteiger partial charge is 0.240 e. The maximum absolute atomic E-state index is 5.52. The Kier molecular flexibility index (Phi) is 5.64. The van der Waals surface area contributed by atoms with Gasteiger partial charge in [-0.1, -0.05) is 59.8 Å². The molecule has 1 aliphatic heterocycles. The fourth-order valence-corrected chi connectivity index (χ4v) is 4.05. The average molecular weight is 361 g/mol. The van der Waals surface area contributed by atoms with Crippen LogP contribution in [-0.2, 0) is 19.4 Å². The van der Waals surface area contributed by atoms with Crippen LogP contribution in [0, 0.1) is 6.92 Å². The van der Waals surface area contributed by atoms with E-state index in [2.05, 4.69) is 70.5 Å². The van der Waals surface area contributed by atoms with E-state index < -0.39 is 0 Å². The summed E-state index contributed by atoms with van der Waals surface area (Å²) in [6.45, 7) is 5.13. The second kappa shape index (κ2) is 8.49. The lowest BCUT2D eigenvalue weighted by atomic mass is 9.88. The van der Waals surface area contributed by atoms with Gasteiger partial charge >= 0.3 is 0 Å². The van der Waals surface area contributed by atoms with Crippen molar-refractivity contribution in [3.63, 3.8) is 0 Å². The van der Waals surface area contributed by atoms with Gasteiger partial charge in [-0.05, 0) is 55.3 Å². The summed E-state index contributed by atoms with van der Waals surface area (Å²) in [4.78, 5) is 7.07. The van der Waals surface area contributed by atoms with Crippen LogP contribution in [-0.4, -0.2) is 28.1 Å². The second-order valence-corrected chi connectivity index (χ2v) is 7.52. The molecule has 140 valence electrons. The molecule has 1 fully saturated rings. The molecule has 1 atom stereocenters. The van der Waals surface area contributed by atoms with Crippen molar-refractivity contribution in [2.24, 2.45) is 0 Å². The summed E-state index contributed by atoms with van der Waals surface area (Å²) >= 11 is 0. The van der Waals surface area contributed by atoms with Crippen LogP contribution in [0.15, 0.2) is 59.1 Å². The van der Waals surface area contributed by atoms with Gasteiger partial charge in [-0.25, -0.2) is 0 Å². The van der Waals surface area contributed by atoms with E-state index in [1.807, 2.05) is 6.07 Å². The lowest BCUT2D eigenvalue weighted by molar-refractivity contribution is 0.177. The number of rotatable bonds is 6. The predicted molar refractivity (Wildman–Crippen MR) is 107 cm³/mol. The first kappa shape index (κ1) is 17.9. The molecule has 0 N–H and O–H groups in total. The summed E-state index contributed by atoms with van der Waals surface area (Å²) < 4.78 is 5.52. The maximum Gasteiger partial charge on any atom is 0.240 e. The monoisotopic (exact) mass is 361 g/mol. The van der Waals surface area contributed by atoms with E-state index in [0.29, 0.717) is 5.92 Å². The third-order valence-electron chi connectivity index (χ3n) is 5.48. The number of hydrogen-bond donors (Lipinski definition) is 0. The van der Waals surface area contributed by atoms with Gasteiger partial charge in [0.2, 0.25) is 5.89 Å².